The first kappa shape index (κ1) is 21.6. The van der Waals surface area contributed by atoms with Gasteiger partial charge in [0, 0.05) is 17.5 Å². The molecule has 0 aliphatic rings. The third-order valence-electron chi connectivity index (χ3n) is 4.46. The van der Waals surface area contributed by atoms with Crippen LogP contribution in [0.5, 0.6) is 17.4 Å². The molecule has 2 aromatic carbocycles. The molecule has 0 saturated heterocycles. The number of aromatic nitrogens is 1. The van der Waals surface area contributed by atoms with E-state index in [1.165, 1.54) is 0 Å². The summed E-state index contributed by atoms with van der Waals surface area (Å²) in [4.78, 5) is 16.1. The van der Waals surface area contributed by atoms with Crippen LogP contribution in [0.4, 0.5) is 0 Å². The predicted molar refractivity (Wildman–Crippen MR) is 117 cm³/mol. The summed E-state index contributed by atoms with van der Waals surface area (Å²) >= 11 is 0. The Morgan fingerprint density at radius 2 is 1.73 bits per heavy atom. The highest BCUT2D eigenvalue weighted by molar-refractivity contribution is 5.80. The SMILES string of the molecule is CCOC(=O)CNC(C)c1ccc2nc(Oc3ccc(OC(C)C)cc3)ccc2c1. The van der Waals surface area contributed by atoms with Crippen LogP contribution in [-0.2, 0) is 9.53 Å². The molecule has 1 unspecified atom stereocenters. The molecule has 0 bridgehead atoms. The van der Waals surface area contributed by atoms with E-state index in [0.29, 0.717) is 18.2 Å². The lowest BCUT2D eigenvalue weighted by molar-refractivity contribution is -0.142. The van der Waals surface area contributed by atoms with Crippen molar-refractivity contribution < 1.29 is 19.0 Å². The summed E-state index contributed by atoms with van der Waals surface area (Å²) < 4.78 is 16.5. The van der Waals surface area contributed by atoms with Crippen molar-refractivity contribution in [2.75, 3.05) is 13.2 Å². The zero-order chi connectivity index (χ0) is 21.5. The summed E-state index contributed by atoms with van der Waals surface area (Å²) in [5, 5.41) is 4.18. The molecule has 30 heavy (non-hydrogen) atoms. The van der Waals surface area contributed by atoms with Gasteiger partial charge in [-0.1, -0.05) is 6.07 Å². The summed E-state index contributed by atoms with van der Waals surface area (Å²) in [6.07, 6.45) is 0.131. The number of carbonyl (C=O) groups is 1. The van der Waals surface area contributed by atoms with Gasteiger partial charge in [-0.05, 0) is 75.7 Å². The molecule has 6 heteroatoms. The van der Waals surface area contributed by atoms with E-state index in [-0.39, 0.29) is 24.7 Å². The Hall–Kier alpha value is -3.12. The number of benzene rings is 2. The maximum Gasteiger partial charge on any atom is 0.319 e. The van der Waals surface area contributed by atoms with Gasteiger partial charge in [-0.3, -0.25) is 4.79 Å². The van der Waals surface area contributed by atoms with E-state index in [0.717, 1.165) is 22.2 Å². The second kappa shape index (κ2) is 10.1. The number of hydrogen-bond donors (Lipinski definition) is 1. The van der Waals surface area contributed by atoms with Crippen LogP contribution in [0.2, 0.25) is 0 Å². The monoisotopic (exact) mass is 408 g/mol. The molecule has 3 aromatic rings. The average molecular weight is 408 g/mol. The van der Waals surface area contributed by atoms with Crippen LogP contribution >= 0.6 is 0 Å². The highest BCUT2D eigenvalue weighted by Crippen LogP contribution is 2.26. The van der Waals surface area contributed by atoms with E-state index >= 15 is 0 Å². The van der Waals surface area contributed by atoms with E-state index in [1.807, 2.05) is 69.3 Å². The van der Waals surface area contributed by atoms with Crippen molar-refractivity contribution in [2.24, 2.45) is 0 Å². The van der Waals surface area contributed by atoms with Crippen LogP contribution in [0.25, 0.3) is 10.9 Å². The van der Waals surface area contributed by atoms with Gasteiger partial charge >= 0.3 is 5.97 Å². The number of pyridine rings is 1. The standard InChI is InChI=1S/C24H28N2O4/c1-5-28-24(27)15-25-17(4)18-6-12-22-19(14-18)7-13-23(26-22)30-21-10-8-20(9-11-21)29-16(2)3/h6-14,16-17,25H,5,15H2,1-4H3. The number of esters is 1. The van der Waals surface area contributed by atoms with Crippen LogP contribution < -0.4 is 14.8 Å². The second-order valence-electron chi connectivity index (χ2n) is 7.25. The van der Waals surface area contributed by atoms with E-state index in [4.69, 9.17) is 14.2 Å². The van der Waals surface area contributed by atoms with Gasteiger partial charge in [0.25, 0.3) is 0 Å². The Morgan fingerprint density at radius 3 is 2.43 bits per heavy atom. The smallest absolute Gasteiger partial charge is 0.319 e. The fourth-order valence-electron chi connectivity index (χ4n) is 3.00. The molecule has 1 aromatic heterocycles. The Morgan fingerprint density at radius 1 is 1.00 bits per heavy atom. The Balaban J connectivity index is 1.66. The van der Waals surface area contributed by atoms with Crippen LogP contribution in [-0.4, -0.2) is 30.2 Å². The maximum absolute atomic E-state index is 11.5. The molecule has 0 saturated carbocycles. The van der Waals surface area contributed by atoms with Crippen molar-refractivity contribution in [3.05, 3.63) is 60.2 Å². The molecule has 0 fully saturated rings. The van der Waals surface area contributed by atoms with E-state index in [9.17, 15) is 4.79 Å². The van der Waals surface area contributed by atoms with Crippen LogP contribution in [0.15, 0.2) is 54.6 Å². The molecule has 1 N–H and O–H groups in total. The van der Waals surface area contributed by atoms with Crippen molar-refractivity contribution in [3.63, 3.8) is 0 Å². The molecular weight excluding hydrogens is 380 g/mol. The van der Waals surface area contributed by atoms with Gasteiger partial charge in [0.1, 0.15) is 11.5 Å². The highest BCUT2D eigenvalue weighted by atomic mass is 16.5. The van der Waals surface area contributed by atoms with Gasteiger partial charge in [0.05, 0.1) is 24.8 Å². The van der Waals surface area contributed by atoms with Crippen LogP contribution in [0, 0.1) is 0 Å². The van der Waals surface area contributed by atoms with E-state index in [2.05, 4.69) is 16.4 Å². The number of rotatable bonds is 9. The van der Waals surface area contributed by atoms with E-state index in [1.54, 1.807) is 6.92 Å². The van der Waals surface area contributed by atoms with Gasteiger partial charge in [-0.25, -0.2) is 4.98 Å². The normalized spacial score (nSPS) is 12.0. The third-order valence-corrected chi connectivity index (χ3v) is 4.46. The summed E-state index contributed by atoms with van der Waals surface area (Å²) in [5.74, 6) is 1.78. The summed E-state index contributed by atoms with van der Waals surface area (Å²) in [6, 6.07) is 17.4. The molecule has 0 spiro atoms. The maximum atomic E-state index is 11.5. The van der Waals surface area contributed by atoms with Crippen LogP contribution in [0.1, 0.15) is 39.3 Å². The number of ether oxygens (including phenoxy) is 3. The minimum Gasteiger partial charge on any atom is -0.491 e. The summed E-state index contributed by atoms with van der Waals surface area (Å²) in [5.41, 5.74) is 1.91. The first-order chi connectivity index (χ1) is 14.4. The van der Waals surface area contributed by atoms with Crippen molar-refractivity contribution in [1.29, 1.82) is 0 Å². The molecule has 0 aliphatic heterocycles. The van der Waals surface area contributed by atoms with Crippen molar-refractivity contribution in [1.82, 2.24) is 10.3 Å². The lowest BCUT2D eigenvalue weighted by Gasteiger charge is -2.14. The van der Waals surface area contributed by atoms with Gasteiger partial charge in [-0.15, -0.1) is 0 Å². The zero-order valence-electron chi connectivity index (χ0n) is 17.8. The van der Waals surface area contributed by atoms with Gasteiger partial charge in [0.2, 0.25) is 5.88 Å². The minimum atomic E-state index is -0.252. The number of nitrogens with zero attached hydrogens (tertiary/aromatic N) is 1. The number of carbonyl (C=O) groups excluding carboxylic acids is 1. The summed E-state index contributed by atoms with van der Waals surface area (Å²) in [7, 11) is 0. The van der Waals surface area contributed by atoms with Crippen LogP contribution in [0.3, 0.4) is 0 Å². The second-order valence-corrected chi connectivity index (χ2v) is 7.25. The van der Waals surface area contributed by atoms with Gasteiger partial charge in [-0.2, -0.15) is 0 Å². The Bertz CT molecular complexity index is 986. The molecule has 0 radical (unpaired) electrons. The third kappa shape index (κ3) is 5.94. The molecule has 158 valence electrons. The van der Waals surface area contributed by atoms with Gasteiger partial charge < -0.3 is 19.5 Å². The lowest BCUT2D eigenvalue weighted by atomic mass is 10.1. The first-order valence-corrected chi connectivity index (χ1v) is 10.2. The molecule has 1 atom stereocenters. The lowest BCUT2D eigenvalue weighted by Crippen LogP contribution is -2.27. The first-order valence-electron chi connectivity index (χ1n) is 10.2. The Kier molecular flexibility index (Phi) is 7.25. The highest BCUT2D eigenvalue weighted by Gasteiger charge is 2.10. The molecular formula is C24H28N2O4. The van der Waals surface area contributed by atoms with Crippen molar-refractivity contribution in [3.8, 4) is 17.4 Å². The van der Waals surface area contributed by atoms with Crippen molar-refractivity contribution >= 4 is 16.9 Å². The van der Waals surface area contributed by atoms with Gasteiger partial charge in [0.15, 0.2) is 0 Å². The zero-order valence-corrected chi connectivity index (χ0v) is 17.8. The molecule has 3 rings (SSSR count). The molecule has 0 aliphatic carbocycles. The number of hydrogen-bond acceptors (Lipinski definition) is 6. The Labute approximate surface area is 177 Å². The fraction of sp³-hybridized carbons (Fsp3) is 0.333. The fourth-order valence-corrected chi connectivity index (χ4v) is 3.00. The minimum absolute atomic E-state index is 0.0151. The molecule has 6 nitrogen and oxygen atoms in total. The quantitative estimate of drug-likeness (QED) is 0.501. The number of fused-ring (bicyclic) bond motifs is 1. The average Bonchev–Trinajstić information content (AvgIpc) is 2.73. The topological polar surface area (TPSA) is 69.7 Å². The number of nitrogens with one attached hydrogen (secondary N) is 1. The largest absolute Gasteiger partial charge is 0.491 e. The van der Waals surface area contributed by atoms with Crippen molar-refractivity contribution in [2.45, 2.75) is 39.8 Å². The molecule has 0 amide bonds. The summed E-state index contributed by atoms with van der Waals surface area (Å²) in [6.45, 7) is 8.36. The molecule has 1 heterocycles. The van der Waals surface area contributed by atoms with E-state index < -0.39 is 0 Å². The predicted octanol–water partition coefficient (Wildman–Crippen LogP) is 5.03.